The van der Waals surface area contributed by atoms with Crippen molar-refractivity contribution < 1.29 is 23.4 Å². The predicted octanol–water partition coefficient (Wildman–Crippen LogP) is 4.60. The average molecular weight is 461 g/mol. The highest BCUT2D eigenvalue weighted by molar-refractivity contribution is 5.68. The van der Waals surface area contributed by atoms with Crippen LogP contribution in [0.4, 0.5) is 13.6 Å². The van der Waals surface area contributed by atoms with Gasteiger partial charge in [-0.2, -0.15) is 0 Å². The van der Waals surface area contributed by atoms with Gasteiger partial charge in [0.15, 0.2) is 0 Å². The molecule has 33 heavy (non-hydrogen) atoms. The first-order valence-electron chi connectivity index (χ1n) is 11.5. The molecule has 2 atom stereocenters. The van der Waals surface area contributed by atoms with Crippen molar-refractivity contribution >= 4 is 6.09 Å². The van der Waals surface area contributed by atoms with E-state index in [2.05, 4.69) is 35.8 Å². The zero-order valence-electron chi connectivity index (χ0n) is 19.8. The monoisotopic (exact) mass is 460 g/mol. The molecule has 0 aliphatic heterocycles. The van der Waals surface area contributed by atoms with E-state index in [0.29, 0.717) is 5.56 Å². The molecule has 0 radical (unpaired) electrons. The van der Waals surface area contributed by atoms with Crippen LogP contribution in [0.5, 0.6) is 0 Å². The van der Waals surface area contributed by atoms with Crippen LogP contribution in [0.15, 0.2) is 42.5 Å². The third-order valence-electron chi connectivity index (χ3n) is 5.83. The normalized spacial score (nSPS) is 16.7. The van der Waals surface area contributed by atoms with Gasteiger partial charge in [0.25, 0.3) is 0 Å². The van der Waals surface area contributed by atoms with Crippen LogP contribution in [0.1, 0.15) is 57.2 Å². The van der Waals surface area contributed by atoms with Gasteiger partial charge in [0.05, 0.1) is 12.1 Å². The molecule has 0 bridgehead atoms. The van der Waals surface area contributed by atoms with Crippen molar-refractivity contribution in [3.05, 3.63) is 70.8 Å². The number of alkyl carbamates (subject to hydrolysis) is 1. The third-order valence-corrected chi connectivity index (χ3v) is 5.83. The van der Waals surface area contributed by atoms with Crippen molar-refractivity contribution in [1.29, 1.82) is 0 Å². The van der Waals surface area contributed by atoms with Gasteiger partial charge in [0, 0.05) is 18.2 Å². The van der Waals surface area contributed by atoms with Crippen LogP contribution in [0, 0.1) is 11.6 Å². The second-order valence-corrected chi connectivity index (χ2v) is 9.82. The Morgan fingerprint density at radius 3 is 2.36 bits per heavy atom. The van der Waals surface area contributed by atoms with Crippen LogP contribution in [-0.4, -0.2) is 35.5 Å². The first kappa shape index (κ1) is 25.1. The number of carbonyl (C=O) groups excluding carboxylic acids is 1. The summed E-state index contributed by atoms with van der Waals surface area (Å²) in [6.45, 7) is 7.53. The summed E-state index contributed by atoms with van der Waals surface area (Å²) in [4.78, 5) is 12.4. The molecule has 5 nitrogen and oxygen atoms in total. The number of carbonyl (C=O) groups is 1. The van der Waals surface area contributed by atoms with Gasteiger partial charge in [-0.25, -0.2) is 13.6 Å². The lowest BCUT2D eigenvalue weighted by molar-refractivity contribution is 0.0419. The number of amides is 1. The molecule has 0 spiro atoms. The summed E-state index contributed by atoms with van der Waals surface area (Å²) in [6.07, 6.45) is 1.20. The Bertz CT molecular complexity index is 950. The smallest absolute Gasteiger partial charge is 0.407 e. The number of aliphatic hydroxyl groups excluding tert-OH is 1. The van der Waals surface area contributed by atoms with Crippen molar-refractivity contribution in [2.45, 2.75) is 76.7 Å². The van der Waals surface area contributed by atoms with E-state index in [-0.39, 0.29) is 18.5 Å². The molecular weight excluding hydrogens is 426 g/mol. The van der Waals surface area contributed by atoms with Gasteiger partial charge in [0.1, 0.15) is 17.2 Å². The summed E-state index contributed by atoms with van der Waals surface area (Å²) < 4.78 is 32.7. The maximum atomic E-state index is 13.7. The summed E-state index contributed by atoms with van der Waals surface area (Å²) in [6, 6.07) is 10.8. The van der Waals surface area contributed by atoms with Crippen LogP contribution in [0.25, 0.3) is 0 Å². The molecule has 1 amide bonds. The Morgan fingerprint density at radius 2 is 1.79 bits per heavy atom. The molecule has 1 aliphatic rings. The lowest BCUT2D eigenvalue weighted by Crippen LogP contribution is -2.51. The minimum atomic E-state index is -1.00. The van der Waals surface area contributed by atoms with Crippen molar-refractivity contribution in [3.8, 4) is 0 Å². The lowest BCUT2D eigenvalue weighted by Gasteiger charge is -2.28. The van der Waals surface area contributed by atoms with E-state index >= 15 is 0 Å². The maximum Gasteiger partial charge on any atom is 0.407 e. The number of aliphatic hydroxyl groups is 1. The highest BCUT2D eigenvalue weighted by atomic mass is 19.1. The Morgan fingerprint density at radius 1 is 1.12 bits per heavy atom. The van der Waals surface area contributed by atoms with E-state index in [4.69, 9.17) is 4.74 Å². The number of halogens is 2. The van der Waals surface area contributed by atoms with E-state index in [1.807, 2.05) is 6.07 Å². The number of ether oxygens (including phenoxy) is 1. The summed E-state index contributed by atoms with van der Waals surface area (Å²) in [5, 5.41) is 17.1. The molecule has 0 aromatic heterocycles. The fraction of sp³-hybridized carbons (Fsp3) is 0.500. The first-order valence-corrected chi connectivity index (χ1v) is 11.5. The van der Waals surface area contributed by atoms with Crippen molar-refractivity contribution in [2.24, 2.45) is 0 Å². The summed E-state index contributed by atoms with van der Waals surface area (Å²) >= 11 is 0. The van der Waals surface area contributed by atoms with Crippen molar-refractivity contribution in [3.63, 3.8) is 0 Å². The van der Waals surface area contributed by atoms with Crippen LogP contribution in [0.2, 0.25) is 0 Å². The Hall–Kier alpha value is -2.51. The van der Waals surface area contributed by atoms with Crippen LogP contribution >= 0.6 is 0 Å². The molecule has 0 unspecified atom stereocenters. The number of hydrogen-bond donors (Lipinski definition) is 3. The zero-order valence-corrected chi connectivity index (χ0v) is 19.8. The largest absolute Gasteiger partial charge is 0.444 e. The van der Waals surface area contributed by atoms with E-state index in [9.17, 15) is 18.7 Å². The topological polar surface area (TPSA) is 70.6 Å². The van der Waals surface area contributed by atoms with Gasteiger partial charge in [-0.3, -0.25) is 0 Å². The summed E-state index contributed by atoms with van der Waals surface area (Å²) in [5.41, 5.74) is 1.85. The number of hydrogen-bond acceptors (Lipinski definition) is 4. The number of aryl methyl sites for hydroxylation is 1. The fourth-order valence-corrected chi connectivity index (χ4v) is 3.95. The molecule has 3 N–H and O–H groups in total. The number of nitrogens with one attached hydrogen (secondary N) is 2. The maximum absolute atomic E-state index is 13.7. The van der Waals surface area contributed by atoms with Gasteiger partial charge in [-0.15, -0.1) is 0 Å². The van der Waals surface area contributed by atoms with Crippen LogP contribution in [-0.2, 0) is 23.1 Å². The van der Waals surface area contributed by atoms with Crippen LogP contribution < -0.4 is 10.6 Å². The fourth-order valence-electron chi connectivity index (χ4n) is 3.95. The Labute approximate surface area is 194 Å². The van der Waals surface area contributed by atoms with E-state index in [1.54, 1.807) is 20.8 Å². The molecule has 2 aromatic carbocycles. The SMILES string of the molecule is CCc1cccc(C2(NC[C@@H](O)[C@H](Cc3cc(F)cc(F)c3)NC(=O)OC(C)(C)C)CC2)c1. The van der Waals surface area contributed by atoms with Crippen molar-refractivity contribution in [1.82, 2.24) is 10.6 Å². The van der Waals surface area contributed by atoms with Gasteiger partial charge in [-0.05, 0) is 75.3 Å². The predicted molar refractivity (Wildman–Crippen MR) is 124 cm³/mol. The molecule has 1 fully saturated rings. The molecule has 7 heteroatoms. The van der Waals surface area contributed by atoms with Gasteiger partial charge < -0.3 is 20.5 Å². The summed E-state index contributed by atoms with van der Waals surface area (Å²) in [5.74, 6) is -1.41. The lowest BCUT2D eigenvalue weighted by atomic mass is 9.98. The minimum Gasteiger partial charge on any atom is -0.444 e. The summed E-state index contributed by atoms with van der Waals surface area (Å²) in [7, 11) is 0. The van der Waals surface area contributed by atoms with Crippen LogP contribution in [0.3, 0.4) is 0 Å². The zero-order chi connectivity index (χ0) is 24.2. The standard InChI is InChI=1S/C26H34F2N2O3/c1-5-17-7-6-8-19(11-17)26(9-10-26)29-16-23(31)22(30-24(32)33-25(2,3)4)14-18-12-20(27)15-21(28)13-18/h6-8,11-13,15,22-23,29,31H,5,9-10,14,16H2,1-4H3,(H,30,32)/t22-,23+/m0/s1. The number of benzene rings is 2. The minimum absolute atomic E-state index is 0.0507. The van der Waals surface area contributed by atoms with Crippen molar-refractivity contribution in [2.75, 3.05) is 6.54 Å². The highest BCUT2D eigenvalue weighted by Crippen LogP contribution is 2.45. The van der Waals surface area contributed by atoms with Gasteiger partial charge in [-0.1, -0.05) is 31.2 Å². The average Bonchev–Trinajstić information content (AvgIpc) is 3.51. The molecular formula is C26H34F2N2O3. The molecule has 0 heterocycles. The third kappa shape index (κ3) is 7.24. The molecule has 2 aromatic rings. The molecule has 0 saturated heterocycles. The van der Waals surface area contributed by atoms with Gasteiger partial charge >= 0.3 is 6.09 Å². The highest BCUT2D eigenvalue weighted by Gasteiger charge is 2.44. The van der Waals surface area contributed by atoms with E-state index in [0.717, 1.165) is 25.3 Å². The second-order valence-electron chi connectivity index (χ2n) is 9.82. The Balaban J connectivity index is 1.72. The molecule has 3 rings (SSSR count). The molecule has 1 aliphatic carbocycles. The second kappa shape index (κ2) is 10.2. The molecule has 1 saturated carbocycles. The quantitative estimate of drug-likeness (QED) is 0.511. The van der Waals surface area contributed by atoms with E-state index < -0.39 is 35.5 Å². The van der Waals surface area contributed by atoms with E-state index in [1.165, 1.54) is 23.3 Å². The first-order chi connectivity index (χ1) is 15.5. The molecule has 180 valence electrons. The number of rotatable bonds is 9. The van der Waals surface area contributed by atoms with Gasteiger partial charge in [0.2, 0.25) is 0 Å². The Kier molecular flexibility index (Phi) is 7.75.